The highest BCUT2D eigenvalue weighted by atomic mass is 35.5. The van der Waals surface area contributed by atoms with Gasteiger partial charge in [-0.25, -0.2) is 8.42 Å². The van der Waals surface area contributed by atoms with Crippen molar-refractivity contribution in [3.63, 3.8) is 0 Å². The second kappa shape index (κ2) is 14.4. The number of carbonyl (C=O) groups is 2. The topological polar surface area (TPSA) is 105 Å². The molecular formula is C31H36ClN3O6S. The van der Waals surface area contributed by atoms with Crippen LogP contribution in [0.5, 0.6) is 11.5 Å². The molecule has 0 radical (unpaired) electrons. The Balaban J connectivity index is 1.74. The van der Waals surface area contributed by atoms with Crippen molar-refractivity contribution in [2.75, 3.05) is 36.4 Å². The third-order valence-corrected chi connectivity index (χ3v) is 8.83. The van der Waals surface area contributed by atoms with Gasteiger partial charge in [0.2, 0.25) is 21.8 Å². The van der Waals surface area contributed by atoms with Gasteiger partial charge >= 0.3 is 0 Å². The summed E-state index contributed by atoms with van der Waals surface area (Å²) in [5.41, 5.74) is 1.84. The van der Waals surface area contributed by atoms with Crippen LogP contribution in [0.1, 0.15) is 31.4 Å². The molecule has 0 saturated heterocycles. The number of hydrogen-bond acceptors (Lipinski definition) is 6. The molecule has 0 bridgehead atoms. The van der Waals surface area contributed by atoms with E-state index in [-0.39, 0.29) is 30.3 Å². The summed E-state index contributed by atoms with van der Waals surface area (Å²) in [7, 11) is -3.90. The van der Waals surface area contributed by atoms with Crippen LogP contribution in [0.3, 0.4) is 0 Å². The molecule has 2 amide bonds. The van der Waals surface area contributed by atoms with Crippen molar-refractivity contribution in [3.05, 3.63) is 88.9 Å². The molecule has 1 atom stereocenters. The van der Waals surface area contributed by atoms with Gasteiger partial charge in [-0.05, 0) is 48.7 Å². The number of ether oxygens (including phenoxy) is 2. The van der Waals surface area contributed by atoms with Crippen LogP contribution in [0.2, 0.25) is 5.02 Å². The van der Waals surface area contributed by atoms with E-state index < -0.39 is 28.5 Å². The predicted molar refractivity (Wildman–Crippen MR) is 163 cm³/mol. The quantitative estimate of drug-likeness (QED) is 0.306. The molecule has 0 aromatic heterocycles. The lowest BCUT2D eigenvalue weighted by Crippen LogP contribution is -2.53. The molecule has 0 fully saturated rings. The number of anilines is 1. The zero-order valence-electron chi connectivity index (χ0n) is 23.8. The van der Waals surface area contributed by atoms with Gasteiger partial charge in [-0.2, -0.15) is 0 Å². The third kappa shape index (κ3) is 7.95. The van der Waals surface area contributed by atoms with Crippen molar-refractivity contribution in [2.24, 2.45) is 0 Å². The summed E-state index contributed by atoms with van der Waals surface area (Å²) in [6, 6.07) is 20.3. The first-order valence-electron chi connectivity index (χ1n) is 14.0. The second-order valence-corrected chi connectivity index (χ2v) is 12.5. The molecule has 4 rings (SSSR count). The van der Waals surface area contributed by atoms with Crippen molar-refractivity contribution in [3.8, 4) is 11.5 Å². The maximum atomic E-state index is 14.2. The number of nitrogens with zero attached hydrogens (tertiary/aromatic N) is 2. The van der Waals surface area contributed by atoms with E-state index in [1.165, 1.54) is 11.8 Å². The molecule has 3 aromatic carbocycles. The maximum absolute atomic E-state index is 14.2. The van der Waals surface area contributed by atoms with Gasteiger partial charge in [0.1, 0.15) is 25.8 Å². The first-order valence-corrected chi connectivity index (χ1v) is 16.0. The van der Waals surface area contributed by atoms with Gasteiger partial charge in [0.25, 0.3) is 0 Å². The summed E-state index contributed by atoms with van der Waals surface area (Å²) in [6.45, 7) is 4.17. The maximum Gasteiger partial charge on any atom is 0.244 e. The summed E-state index contributed by atoms with van der Waals surface area (Å²) in [5, 5.41) is 3.41. The lowest BCUT2D eigenvalue weighted by atomic mass is 10.0. The van der Waals surface area contributed by atoms with Crippen molar-refractivity contribution >= 4 is 39.1 Å². The Bertz CT molecular complexity index is 1480. The van der Waals surface area contributed by atoms with Crippen molar-refractivity contribution in [2.45, 2.75) is 39.3 Å². The first kappa shape index (κ1) is 31.2. The highest BCUT2D eigenvalue weighted by Crippen LogP contribution is 2.35. The normalized spacial score (nSPS) is 13.2. The summed E-state index contributed by atoms with van der Waals surface area (Å²) in [4.78, 5) is 29.3. The summed E-state index contributed by atoms with van der Waals surface area (Å²) in [5.74, 6) is -0.176. The van der Waals surface area contributed by atoms with E-state index in [1.807, 2.05) is 43.3 Å². The summed E-state index contributed by atoms with van der Waals surface area (Å²) >= 11 is 6.26. The van der Waals surface area contributed by atoms with Crippen LogP contribution in [0.15, 0.2) is 72.8 Å². The van der Waals surface area contributed by atoms with Crippen LogP contribution in [-0.2, 0) is 32.6 Å². The number of carbonyl (C=O) groups excluding carboxylic acids is 2. The molecule has 1 aliphatic rings. The zero-order valence-corrected chi connectivity index (χ0v) is 25.4. The van der Waals surface area contributed by atoms with Gasteiger partial charge in [0, 0.05) is 30.6 Å². The largest absolute Gasteiger partial charge is 0.486 e. The Morgan fingerprint density at radius 1 is 0.929 bits per heavy atom. The lowest BCUT2D eigenvalue weighted by Gasteiger charge is -2.34. The van der Waals surface area contributed by atoms with Crippen LogP contribution < -0.4 is 19.1 Å². The van der Waals surface area contributed by atoms with E-state index in [0.717, 1.165) is 16.3 Å². The van der Waals surface area contributed by atoms with E-state index in [2.05, 4.69) is 5.32 Å². The molecule has 1 heterocycles. The second-order valence-electron chi connectivity index (χ2n) is 9.88. The Morgan fingerprint density at radius 3 is 2.33 bits per heavy atom. The minimum Gasteiger partial charge on any atom is -0.486 e. The van der Waals surface area contributed by atoms with E-state index >= 15 is 0 Å². The fraction of sp³-hybridized carbons (Fsp3) is 0.355. The van der Waals surface area contributed by atoms with Crippen LogP contribution in [0.25, 0.3) is 0 Å². The number of hydrogen-bond donors (Lipinski definition) is 1. The monoisotopic (exact) mass is 613 g/mol. The average Bonchev–Trinajstić information content (AvgIpc) is 3.00. The highest BCUT2D eigenvalue weighted by molar-refractivity contribution is 7.92. The number of benzene rings is 3. The number of sulfonamides is 1. The number of rotatable bonds is 13. The highest BCUT2D eigenvalue weighted by Gasteiger charge is 2.34. The number of halogens is 1. The van der Waals surface area contributed by atoms with E-state index in [4.69, 9.17) is 21.1 Å². The Morgan fingerprint density at radius 2 is 1.64 bits per heavy atom. The van der Waals surface area contributed by atoms with Gasteiger partial charge in [0.15, 0.2) is 11.5 Å². The Hall–Kier alpha value is -3.76. The van der Waals surface area contributed by atoms with Crippen molar-refractivity contribution in [1.29, 1.82) is 0 Å². The molecule has 0 spiro atoms. The molecule has 1 aliphatic heterocycles. The van der Waals surface area contributed by atoms with Gasteiger partial charge in [-0.15, -0.1) is 0 Å². The van der Waals surface area contributed by atoms with Crippen LogP contribution in [0, 0.1) is 0 Å². The molecule has 9 nitrogen and oxygen atoms in total. The SMILES string of the molecule is CCCNC(=O)C(Cc1ccccc1)N(Cc1cccc(Cl)c1)C(=O)CN(c1ccc2c(c1)OCCO2)S(=O)(=O)CC. The molecule has 0 saturated carbocycles. The number of amides is 2. The molecular weight excluding hydrogens is 578 g/mol. The fourth-order valence-corrected chi connectivity index (χ4v) is 5.93. The minimum atomic E-state index is -3.90. The molecule has 224 valence electrons. The van der Waals surface area contributed by atoms with Gasteiger partial charge in [-0.1, -0.05) is 61.0 Å². The molecule has 1 N–H and O–H groups in total. The number of nitrogens with one attached hydrogen (secondary N) is 1. The molecule has 42 heavy (non-hydrogen) atoms. The summed E-state index contributed by atoms with van der Waals surface area (Å²) < 4.78 is 39.0. The average molecular weight is 614 g/mol. The van der Waals surface area contributed by atoms with Crippen molar-refractivity contribution in [1.82, 2.24) is 10.2 Å². The fourth-order valence-electron chi connectivity index (χ4n) is 4.66. The summed E-state index contributed by atoms with van der Waals surface area (Å²) in [6.07, 6.45) is 0.964. The Labute approximate surface area is 252 Å². The van der Waals surface area contributed by atoms with Gasteiger partial charge in [0.05, 0.1) is 11.4 Å². The molecule has 11 heteroatoms. The van der Waals surface area contributed by atoms with Gasteiger partial charge in [-0.3, -0.25) is 13.9 Å². The lowest BCUT2D eigenvalue weighted by molar-refractivity contribution is -0.140. The first-order chi connectivity index (χ1) is 20.2. The number of fused-ring (bicyclic) bond motifs is 1. The van der Waals surface area contributed by atoms with E-state index in [9.17, 15) is 18.0 Å². The molecule has 1 unspecified atom stereocenters. The molecule has 0 aliphatic carbocycles. The molecule has 3 aromatic rings. The van der Waals surface area contributed by atoms with Gasteiger partial charge < -0.3 is 19.7 Å². The Kier molecular flexibility index (Phi) is 10.7. The smallest absolute Gasteiger partial charge is 0.244 e. The van der Waals surface area contributed by atoms with E-state index in [1.54, 1.807) is 36.4 Å². The van der Waals surface area contributed by atoms with Crippen molar-refractivity contribution < 1.29 is 27.5 Å². The minimum absolute atomic E-state index is 0.0532. The van der Waals surface area contributed by atoms with E-state index in [0.29, 0.717) is 41.8 Å². The standard InChI is InChI=1S/C31H36ClN3O6S/c1-3-15-33-31(37)27(19-23-9-6-5-7-10-23)34(21-24-11-8-12-25(32)18-24)30(36)22-35(42(38,39)4-2)26-13-14-28-29(20-26)41-17-16-40-28/h5-14,18,20,27H,3-4,15-17,19,21-22H2,1-2H3,(H,33,37). The zero-order chi connectivity index (χ0) is 30.1. The van der Waals surface area contributed by atoms with Crippen LogP contribution >= 0.6 is 11.6 Å². The van der Waals surface area contributed by atoms with Crippen LogP contribution in [0.4, 0.5) is 5.69 Å². The predicted octanol–water partition coefficient (Wildman–Crippen LogP) is 4.43. The van der Waals surface area contributed by atoms with Crippen LogP contribution in [-0.4, -0.2) is 63.2 Å². The third-order valence-electron chi connectivity index (χ3n) is 6.86.